The maximum absolute atomic E-state index is 11.6. The summed E-state index contributed by atoms with van der Waals surface area (Å²) in [5, 5.41) is 0. The Morgan fingerprint density at radius 1 is 1.33 bits per heavy atom. The number of methoxy groups -OCH3 is 1. The molecule has 0 amide bonds. The van der Waals surface area contributed by atoms with E-state index < -0.39 is 0 Å². The molecule has 1 saturated carbocycles. The van der Waals surface area contributed by atoms with Crippen LogP contribution in [0.15, 0.2) is 0 Å². The SMILES string of the molecule is COC(=O)C(C(C)C)C(N)C1CCCC1. The maximum atomic E-state index is 11.6. The van der Waals surface area contributed by atoms with Crippen molar-refractivity contribution in [2.75, 3.05) is 7.11 Å². The van der Waals surface area contributed by atoms with Crippen LogP contribution in [0.5, 0.6) is 0 Å². The van der Waals surface area contributed by atoms with E-state index >= 15 is 0 Å². The molecule has 88 valence electrons. The fourth-order valence-electron chi connectivity index (χ4n) is 2.65. The van der Waals surface area contributed by atoms with Crippen molar-refractivity contribution in [1.82, 2.24) is 0 Å². The van der Waals surface area contributed by atoms with E-state index in [-0.39, 0.29) is 23.8 Å². The van der Waals surface area contributed by atoms with E-state index in [1.54, 1.807) is 0 Å². The van der Waals surface area contributed by atoms with Crippen LogP contribution in [0.3, 0.4) is 0 Å². The van der Waals surface area contributed by atoms with Crippen molar-refractivity contribution in [3.8, 4) is 0 Å². The predicted octanol–water partition coefficient (Wildman–Crippen LogP) is 1.95. The molecule has 0 aliphatic heterocycles. The second-order valence-electron chi connectivity index (χ2n) is 4.91. The summed E-state index contributed by atoms with van der Waals surface area (Å²) >= 11 is 0. The van der Waals surface area contributed by atoms with Gasteiger partial charge in [0.05, 0.1) is 13.0 Å². The molecule has 15 heavy (non-hydrogen) atoms. The molecule has 1 aliphatic rings. The van der Waals surface area contributed by atoms with Gasteiger partial charge < -0.3 is 10.5 Å². The molecule has 1 fully saturated rings. The highest BCUT2D eigenvalue weighted by Gasteiger charge is 2.35. The summed E-state index contributed by atoms with van der Waals surface area (Å²) in [5.41, 5.74) is 6.20. The van der Waals surface area contributed by atoms with Gasteiger partial charge in [-0.05, 0) is 24.7 Å². The summed E-state index contributed by atoms with van der Waals surface area (Å²) in [6.07, 6.45) is 4.84. The van der Waals surface area contributed by atoms with E-state index in [4.69, 9.17) is 10.5 Å². The highest BCUT2D eigenvalue weighted by molar-refractivity contribution is 5.73. The third-order valence-electron chi connectivity index (χ3n) is 3.55. The standard InChI is InChI=1S/C12H23NO2/c1-8(2)10(12(14)15-3)11(13)9-6-4-5-7-9/h8-11H,4-7,13H2,1-3H3. The van der Waals surface area contributed by atoms with Gasteiger partial charge in [0, 0.05) is 6.04 Å². The third-order valence-corrected chi connectivity index (χ3v) is 3.55. The Kier molecular flexibility index (Phi) is 4.58. The lowest BCUT2D eigenvalue weighted by Gasteiger charge is -2.29. The van der Waals surface area contributed by atoms with Gasteiger partial charge in [0.1, 0.15) is 0 Å². The molecule has 3 heteroatoms. The smallest absolute Gasteiger partial charge is 0.310 e. The van der Waals surface area contributed by atoms with E-state index in [0.717, 1.165) is 0 Å². The Balaban J connectivity index is 2.65. The van der Waals surface area contributed by atoms with Gasteiger partial charge in [-0.3, -0.25) is 4.79 Å². The molecular weight excluding hydrogens is 190 g/mol. The summed E-state index contributed by atoms with van der Waals surface area (Å²) in [6.45, 7) is 4.08. The van der Waals surface area contributed by atoms with Gasteiger partial charge in [-0.25, -0.2) is 0 Å². The van der Waals surface area contributed by atoms with Crippen LogP contribution in [0.2, 0.25) is 0 Å². The van der Waals surface area contributed by atoms with E-state index in [1.807, 2.05) is 13.8 Å². The van der Waals surface area contributed by atoms with Gasteiger partial charge in [-0.1, -0.05) is 26.7 Å². The fraction of sp³-hybridized carbons (Fsp3) is 0.917. The molecule has 0 saturated heterocycles. The number of rotatable bonds is 4. The normalized spacial score (nSPS) is 21.7. The van der Waals surface area contributed by atoms with Gasteiger partial charge in [0.15, 0.2) is 0 Å². The van der Waals surface area contributed by atoms with E-state index in [0.29, 0.717) is 5.92 Å². The minimum Gasteiger partial charge on any atom is -0.469 e. The minimum absolute atomic E-state index is 0.0278. The molecule has 2 unspecified atom stereocenters. The molecule has 1 aliphatic carbocycles. The number of hydrogen-bond acceptors (Lipinski definition) is 3. The molecule has 0 aromatic heterocycles. The first kappa shape index (κ1) is 12.5. The average molecular weight is 213 g/mol. The summed E-state index contributed by atoms with van der Waals surface area (Å²) in [5.74, 6) is 0.479. The van der Waals surface area contributed by atoms with Gasteiger partial charge in [-0.15, -0.1) is 0 Å². The highest BCUT2D eigenvalue weighted by atomic mass is 16.5. The molecule has 3 nitrogen and oxygen atoms in total. The molecule has 0 bridgehead atoms. The lowest BCUT2D eigenvalue weighted by Crippen LogP contribution is -2.43. The van der Waals surface area contributed by atoms with Crippen molar-refractivity contribution in [2.24, 2.45) is 23.5 Å². The molecule has 0 aromatic carbocycles. The maximum Gasteiger partial charge on any atom is 0.310 e. The Hall–Kier alpha value is -0.570. The van der Waals surface area contributed by atoms with Crippen molar-refractivity contribution in [3.63, 3.8) is 0 Å². The highest BCUT2D eigenvalue weighted by Crippen LogP contribution is 2.32. The summed E-state index contributed by atoms with van der Waals surface area (Å²) < 4.78 is 4.84. The van der Waals surface area contributed by atoms with Crippen molar-refractivity contribution in [3.05, 3.63) is 0 Å². The molecular formula is C12H23NO2. The van der Waals surface area contributed by atoms with E-state index in [9.17, 15) is 4.79 Å². The molecule has 1 rings (SSSR count). The van der Waals surface area contributed by atoms with Crippen molar-refractivity contribution < 1.29 is 9.53 Å². The van der Waals surface area contributed by atoms with Crippen molar-refractivity contribution in [1.29, 1.82) is 0 Å². The van der Waals surface area contributed by atoms with Crippen LogP contribution in [0.1, 0.15) is 39.5 Å². The van der Waals surface area contributed by atoms with Crippen LogP contribution in [-0.2, 0) is 9.53 Å². The first-order chi connectivity index (χ1) is 7.07. The molecule has 0 spiro atoms. The second kappa shape index (κ2) is 5.50. The zero-order chi connectivity index (χ0) is 11.4. The van der Waals surface area contributed by atoms with Crippen LogP contribution in [0.4, 0.5) is 0 Å². The number of hydrogen-bond donors (Lipinski definition) is 1. The fourth-order valence-corrected chi connectivity index (χ4v) is 2.65. The zero-order valence-electron chi connectivity index (χ0n) is 10.0. The lowest BCUT2D eigenvalue weighted by molar-refractivity contribution is -0.148. The molecule has 0 heterocycles. The predicted molar refractivity (Wildman–Crippen MR) is 60.3 cm³/mol. The Morgan fingerprint density at radius 2 is 1.87 bits per heavy atom. The summed E-state index contributed by atoms with van der Waals surface area (Å²) in [6, 6.07) is -0.0278. The quantitative estimate of drug-likeness (QED) is 0.726. The van der Waals surface area contributed by atoms with E-state index in [1.165, 1.54) is 32.8 Å². The topological polar surface area (TPSA) is 52.3 Å². The zero-order valence-corrected chi connectivity index (χ0v) is 10.0. The number of ether oxygens (including phenoxy) is 1. The van der Waals surface area contributed by atoms with Crippen molar-refractivity contribution in [2.45, 2.75) is 45.6 Å². The summed E-state index contributed by atoms with van der Waals surface area (Å²) in [7, 11) is 1.44. The number of esters is 1. The van der Waals surface area contributed by atoms with Crippen LogP contribution in [0, 0.1) is 17.8 Å². The largest absolute Gasteiger partial charge is 0.469 e. The third kappa shape index (κ3) is 2.94. The average Bonchev–Trinajstić information content (AvgIpc) is 2.69. The van der Waals surface area contributed by atoms with Crippen LogP contribution in [0.25, 0.3) is 0 Å². The van der Waals surface area contributed by atoms with Gasteiger partial charge in [0.25, 0.3) is 0 Å². The monoisotopic (exact) mass is 213 g/mol. The first-order valence-electron chi connectivity index (χ1n) is 5.91. The second-order valence-corrected chi connectivity index (χ2v) is 4.91. The molecule has 2 N–H and O–H groups in total. The van der Waals surface area contributed by atoms with E-state index in [2.05, 4.69) is 0 Å². The summed E-state index contributed by atoms with van der Waals surface area (Å²) in [4.78, 5) is 11.6. The number of carbonyl (C=O) groups excluding carboxylic acids is 1. The van der Waals surface area contributed by atoms with Crippen LogP contribution >= 0.6 is 0 Å². The number of carbonyl (C=O) groups is 1. The Bertz CT molecular complexity index is 210. The molecule has 0 aromatic rings. The van der Waals surface area contributed by atoms with Gasteiger partial charge in [0.2, 0.25) is 0 Å². The lowest BCUT2D eigenvalue weighted by atomic mass is 9.81. The van der Waals surface area contributed by atoms with Gasteiger partial charge >= 0.3 is 5.97 Å². The minimum atomic E-state index is -0.149. The Morgan fingerprint density at radius 3 is 2.27 bits per heavy atom. The number of nitrogens with two attached hydrogens (primary N) is 1. The first-order valence-corrected chi connectivity index (χ1v) is 5.91. The van der Waals surface area contributed by atoms with Crippen LogP contribution in [-0.4, -0.2) is 19.1 Å². The molecule has 0 radical (unpaired) electrons. The Labute approximate surface area is 92.4 Å². The van der Waals surface area contributed by atoms with Crippen LogP contribution < -0.4 is 5.73 Å². The molecule has 2 atom stereocenters. The van der Waals surface area contributed by atoms with Crippen molar-refractivity contribution >= 4 is 5.97 Å². The van der Waals surface area contributed by atoms with Gasteiger partial charge in [-0.2, -0.15) is 0 Å².